The van der Waals surface area contributed by atoms with Crippen molar-refractivity contribution in [3.63, 3.8) is 0 Å². The Morgan fingerprint density at radius 3 is 2.50 bits per heavy atom. The lowest BCUT2D eigenvalue weighted by atomic mass is 10.2. The molecule has 0 saturated heterocycles. The van der Waals surface area contributed by atoms with Crippen molar-refractivity contribution in [3.05, 3.63) is 40.9 Å². The minimum atomic E-state index is 0.719. The zero-order chi connectivity index (χ0) is 10.1. The molecule has 14 heavy (non-hydrogen) atoms. The van der Waals surface area contributed by atoms with E-state index in [1.807, 2.05) is 38.5 Å². The van der Waals surface area contributed by atoms with Crippen molar-refractivity contribution in [1.29, 1.82) is 0 Å². The molecule has 2 heterocycles. The second-order valence-electron chi connectivity index (χ2n) is 3.33. The average molecular weight is 210 g/mol. The first-order valence-corrected chi connectivity index (χ1v) is 4.85. The van der Waals surface area contributed by atoms with Crippen LogP contribution in [0.2, 0.25) is 5.15 Å². The zero-order valence-electron chi connectivity index (χ0n) is 8.24. The summed E-state index contributed by atoms with van der Waals surface area (Å²) >= 11 is 6.12. The number of rotatable bonds is 2. The molecule has 0 spiro atoms. The molecule has 2 aromatic rings. The third kappa shape index (κ3) is 1.55. The van der Waals surface area contributed by atoms with E-state index in [0.29, 0.717) is 0 Å². The standard InChI is InChI=1S/C10H12ClN3/c1-8-9(10(11)13(2)12-8)7-14-5-3-4-6-14/h3-6H,7H2,1-2H3. The van der Waals surface area contributed by atoms with Crippen LogP contribution in [0, 0.1) is 6.92 Å². The van der Waals surface area contributed by atoms with Crippen LogP contribution in [0.5, 0.6) is 0 Å². The van der Waals surface area contributed by atoms with Crippen molar-refractivity contribution in [1.82, 2.24) is 14.3 Å². The minimum Gasteiger partial charge on any atom is -0.350 e. The van der Waals surface area contributed by atoms with Gasteiger partial charge in [-0.05, 0) is 19.1 Å². The summed E-state index contributed by atoms with van der Waals surface area (Å²) < 4.78 is 3.78. The van der Waals surface area contributed by atoms with Gasteiger partial charge in [0.15, 0.2) is 0 Å². The number of aryl methyl sites for hydroxylation is 2. The van der Waals surface area contributed by atoms with Crippen LogP contribution in [0.4, 0.5) is 0 Å². The van der Waals surface area contributed by atoms with Gasteiger partial charge in [-0.3, -0.25) is 4.68 Å². The maximum absolute atomic E-state index is 6.12. The van der Waals surface area contributed by atoms with Crippen LogP contribution in [0.25, 0.3) is 0 Å². The van der Waals surface area contributed by atoms with E-state index in [0.717, 1.165) is 23.0 Å². The fourth-order valence-electron chi connectivity index (χ4n) is 1.51. The second-order valence-corrected chi connectivity index (χ2v) is 3.69. The van der Waals surface area contributed by atoms with E-state index in [4.69, 9.17) is 11.6 Å². The van der Waals surface area contributed by atoms with Crippen LogP contribution < -0.4 is 0 Å². The summed E-state index contributed by atoms with van der Waals surface area (Å²) in [6.07, 6.45) is 4.03. The lowest BCUT2D eigenvalue weighted by Gasteiger charge is -2.01. The fraction of sp³-hybridized carbons (Fsp3) is 0.300. The molecular weight excluding hydrogens is 198 g/mol. The van der Waals surface area contributed by atoms with Gasteiger partial charge in [0.05, 0.1) is 12.2 Å². The monoisotopic (exact) mass is 209 g/mol. The highest BCUT2D eigenvalue weighted by atomic mass is 35.5. The molecule has 0 aromatic carbocycles. The van der Waals surface area contributed by atoms with Crippen LogP contribution in [0.1, 0.15) is 11.3 Å². The summed E-state index contributed by atoms with van der Waals surface area (Å²) in [7, 11) is 1.86. The van der Waals surface area contributed by atoms with Gasteiger partial charge in [-0.25, -0.2) is 0 Å². The highest BCUT2D eigenvalue weighted by Crippen LogP contribution is 2.19. The fourth-order valence-corrected chi connectivity index (χ4v) is 1.75. The molecule has 0 atom stereocenters. The molecular formula is C10H12ClN3. The number of aromatic nitrogens is 3. The zero-order valence-corrected chi connectivity index (χ0v) is 8.99. The minimum absolute atomic E-state index is 0.719. The molecule has 0 amide bonds. The number of nitrogens with zero attached hydrogens (tertiary/aromatic N) is 3. The molecule has 0 bridgehead atoms. The average Bonchev–Trinajstić information content (AvgIpc) is 2.71. The van der Waals surface area contributed by atoms with Crippen molar-refractivity contribution in [3.8, 4) is 0 Å². The molecule has 0 fully saturated rings. The van der Waals surface area contributed by atoms with Crippen molar-refractivity contribution in [2.24, 2.45) is 7.05 Å². The number of hydrogen-bond donors (Lipinski definition) is 0. The van der Waals surface area contributed by atoms with E-state index in [1.165, 1.54) is 0 Å². The van der Waals surface area contributed by atoms with Crippen molar-refractivity contribution >= 4 is 11.6 Å². The largest absolute Gasteiger partial charge is 0.350 e. The van der Waals surface area contributed by atoms with Gasteiger partial charge in [0.1, 0.15) is 5.15 Å². The van der Waals surface area contributed by atoms with Crippen LogP contribution in [-0.2, 0) is 13.6 Å². The van der Waals surface area contributed by atoms with E-state index in [2.05, 4.69) is 9.67 Å². The molecule has 0 unspecified atom stereocenters. The maximum Gasteiger partial charge on any atom is 0.131 e. The van der Waals surface area contributed by atoms with Crippen molar-refractivity contribution in [2.45, 2.75) is 13.5 Å². The highest BCUT2D eigenvalue weighted by molar-refractivity contribution is 6.30. The molecule has 3 nitrogen and oxygen atoms in total. The number of halogens is 1. The summed E-state index contributed by atoms with van der Waals surface area (Å²) in [6, 6.07) is 4.00. The third-order valence-corrected chi connectivity index (χ3v) is 2.75. The predicted molar refractivity (Wildman–Crippen MR) is 56.5 cm³/mol. The second kappa shape index (κ2) is 3.50. The van der Waals surface area contributed by atoms with Gasteiger partial charge in [-0.2, -0.15) is 5.10 Å². The molecule has 0 saturated carbocycles. The van der Waals surface area contributed by atoms with Gasteiger partial charge in [-0.15, -0.1) is 0 Å². The van der Waals surface area contributed by atoms with E-state index in [1.54, 1.807) is 4.68 Å². The van der Waals surface area contributed by atoms with Gasteiger partial charge in [0, 0.05) is 25.0 Å². The molecule has 74 valence electrons. The topological polar surface area (TPSA) is 22.8 Å². The first-order chi connectivity index (χ1) is 6.68. The smallest absolute Gasteiger partial charge is 0.131 e. The molecule has 0 aliphatic carbocycles. The van der Waals surface area contributed by atoms with Crippen molar-refractivity contribution in [2.75, 3.05) is 0 Å². The molecule has 2 aromatic heterocycles. The first kappa shape index (κ1) is 9.34. The summed E-state index contributed by atoms with van der Waals surface area (Å²) in [5.74, 6) is 0. The molecule has 0 N–H and O–H groups in total. The highest BCUT2D eigenvalue weighted by Gasteiger charge is 2.10. The quantitative estimate of drug-likeness (QED) is 0.744. The van der Waals surface area contributed by atoms with Crippen LogP contribution in [0.15, 0.2) is 24.5 Å². The number of hydrogen-bond acceptors (Lipinski definition) is 1. The maximum atomic E-state index is 6.12. The van der Waals surface area contributed by atoms with Gasteiger partial charge in [0.25, 0.3) is 0 Å². The summed E-state index contributed by atoms with van der Waals surface area (Å²) in [4.78, 5) is 0. The Bertz CT molecular complexity index is 428. The lowest BCUT2D eigenvalue weighted by Crippen LogP contribution is -1.97. The van der Waals surface area contributed by atoms with Crippen LogP contribution >= 0.6 is 11.6 Å². The molecule has 4 heteroatoms. The Kier molecular flexibility index (Phi) is 2.33. The van der Waals surface area contributed by atoms with E-state index in [9.17, 15) is 0 Å². The Morgan fingerprint density at radius 1 is 1.36 bits per heavy atom. The summed E-state index contributed by atoms with van der Waals surface area (Å²) in [5, 5.41) is 4.98. The Hall–Kier alpha value is -1.22. The predicted octanol–water partition coefficient (Wildman–Crippen LogP) is 2.23. The van der Waals surface area contributed by atoms with E-state index < -0.39 is 0 Å². The molecule has 0 radical (unpaired) electrons. The Labute approximate surface area is 87.9 Å². The third-order valence-electron chi connectivity index (χ3n) is 2.28. The first-order valence-electron chi connectivity index (χ1n) is 4.47. The SMILES string of the molecule is Cc1nn(C)c(Cl)c1Cn1cccc1. The Balaban J connectivity index is 2.33. The Morgan fingerprint density at radius 2 is 2.00 bits per heavy atom. The summed E-state index contributed by atoms with van der Waals surface area (Å²) in [5.41, 5.74) is 2.08. The van der Waals surface area contributed by atoms with E-state index >= 15 is 0 Å². The molecule has 0 aliphatic rings. The van der Waals surface area contributed by atoms with Crippen molar-refractivity contribution < 1.29 is 0 Å². The van der Waals surface area contributed by atoms with Gasteiger partial charge >= 0.3 is 0 Å². The molecule has 0 aliphatic heterocycles. The van der Waals surface area contributed by atoms with Crippen LogP contribution in [-0.4, -0.2) is 14.3 Å². The summed E-state index contributed by atoms with van der Waals surface area (Å²) in [6.45, 7) is 2.76. The molecule has 2 rings (SSSR count). The van der Waals surface area contributed by atoms with Crippen LogP contribution in [0.3, 0.4) is 0 Å². The van der Waals surface area contributed by atoms with Gasteiger partial charge in [0.2, 0.25) is 0 Å². The van der Waals surface area contributed by atoms with E-state index in [-0.39, 0.29) is 0 Å². The lowest BCUT2D eigenvalue weighted by molar-refractivity contribution is 0.756. The van der Waals surface area contributed by atoms with Gasteiger partial charge < -0.3 is 4.57 Å². The normalized spacial score (nSPS) is 10.8. The van der Waals surface area contributed by atoms with Gasteiger partial charge in [-0.1, -0.05) is 11.6 Å².